The number of ether oxygens (including phenoxy) is 2. The molecule has 1 heterocycles. The molecule has 42 heavy (non-hydrogen) atoms. The molecule has 0 aliphatic heterocycles. The fourth-order valence-corrected chi connectivity index (χ4v) is 5.36. The van der Waals surface area contributed by atoms with Crippen LogP contribution in [-0.2, 0) is 12.8 Å². The van der Waals surface area contributed by atoms with Crippen LogP contribution in [0.3, 0.4) is 0 Å². The Labute approximate surface area is 261 Å². The highest BCUT2D eigenvalue weighted by molar-refractivity contribution is 14.1. The molecule has 0 N–H and O–H groups in total. The average Bonchev–Trinajstić information content (AvgIpc) is 2.96. The summed E-state index contributed by atoms with van der Waals surface area (Å²) in [5.74, 6) is 0.827. The Kier molecular flexibility index (Phi) is 8.76. The van der Waals surface area contributed by atoms with Crippen LogP contribution in [0, 0.1) is 3.57 Å². The van der Waals surface area contributed by atoms with Crippen molar-refractivity contribution in [2.75, 3.05) is 7.11 Å². The number of hydrogen-bond donors (Lipinski definition) is 0. The standard InChI is InChI=1S/C30H19Cl2F3IN3O3/c1-41-26-12-17(11-24(36)27(26)42-16-19-9-10-21(31)14-23(19)32)15-37-39-28(18-5-4-6-20(13-18)30(33,34)35)38-25-8-3-2-7-22(25)29(39)40/h2-15H,16H2,1H3. The summed E-state index contributed by atoms with van der Waals surface area (Å²) < 4.78 is 53.6. The molecule has 12 heteroatoms. The second-order valence-electron chi connectivity index (χ2n) is 8.95. The molecule has 1 aromatic heterocycles. The highest BCUT2D eigenvalue weighted by Gasteiger charge is 2.31. The lowest BCUT2D eigenvalue weighted by Gasteiger charge is -2.14. The molecule has 0 atom stereocenters. The van der Waals surface area contributed by atoms with Gasteiger partial charge in [-0.1, -0.05) is 53.5 Å². The highest BCUT2D eigenvalue weighted by Crippen LogP contribution is 2.35. The summed E-state index contributed by atoms with van der Waals surface area (Å²) in [6, 6.07) is 19.7. The van der Waals surface area contributed by atoms with Gasteiger partial charge in [0.15, 0.2) is 17.3 Å². The Hall–Kier alpha value is -3.61. The van der Waals surface area contributed by atoms with Crippen molar-refractivity contribution in [1.29, 1.82) is 0 Å². The van der Waals surface area contributed by atoms with Crippen molar-refractivity contribution in [2.24, 2.45) is 5.10 Å². The zero-order valence-corrected chi connectivity index (χ0v) is 25.3. The monoisotopic (exact) mass is 723 g/mol. The first-order chi connectivity index (χ1) is 20.0. The molecule has 214 valence electrons. The Morgan fingerprint density at radius 2 is 1.81 bits per heavy atom. The summed E-state index contributed by atoms with van der Waals surface area (Å²) in [5.41, 5.74) is 0.290. The molecule has 0 aliphatic rings. The van der Waals surface area contributed by atoms with E-state index in [1.54, 1.807) is 54.6 Å². The van der Waals surface area contributed by atoms with E-state index in [1.165, 1.54) is 25.5 Å². The zero-order chi connectivity index (χ0) is 30.0. The lowest BCUT2D eigenvalue weighted by atomic mass is 10.1. The van der Waals surface area contributed by atoms with Gasteiger partial charge in [-0.05, 0) is 76.7 Å². The molecule has 0 spiro atoms. The van der Waals surface area contributed by atoms with Crippen LogP contribution >= 0.6 is 45.8 Å². The van der Waals surface area contributed by atoms with Crippen LogP contribution in [0.5, 0.6) is 11.5 Å². The Morgan fingerprint density at radius 3 is 2.55 bits per heavy atom. The quantitative estimate of drug-likeness (QED) is 0.125. The van der Waals surface area contributed by atoms with Crippen molar-refractivity contribution in [1.82, 2.24) is 9.66 Å². The number of hydrogen-bond acceptors (Lipinski definition) is 5. The van der Waals surface area contributed by atoms with E-state index < -0.39 is 17.3 Å². The highest BCUT2D eigenvalue weighted by atomic mass is 127. The first-order valence-electron chi connectivity index (χ1n) is 12.2. The smallest absolute Gasteiger partial charge is 0.416 e. The van der Waals surface area contributed by atoms with Gasteiger partial charge in [0, 0.05) is 21.2 Å². The van der Waals surface area contributed by atoms with Gasteiger partial charge in [0.05, 0.1) is 33.4 Å². The first kappa shape index (κ1) is 29.9. The minimum absolute atomic E-state index is 0.0393. The fraction of sp³-hybridized carbons (Fsp3) is 0.100. The maximum atomic E-state index is 13.5. The number of para-hydroxylation sites is 1. The molecule has 0 saturated heterocycles. The Morgan fingerprint density at radius 1 is 1.02 bits per heavy atom. The van der Waals surface area contributed by atoms with Gasteiger partial charge in [0.1, 0.15) is 6.61 Å². The van der Waals surface area contributed by atoms with Gasteiger partial charge in [-0.2, -0.15) is 22.9 Å². The summed E-state index contributed by atoms with van der Waals surface area (Å²) in [7, 11) is 1.48. The van der Waals surface area contributed by atoms with E-state index in [4.69, 9.17) is 32.7 Å². The maximum absolute atomic E-state index is 13.5. The van der Waals surface area contributed by atoms with E-state index in [0.717, 1.165) is 22.4 Å². The van der Waals surface area contributed by atoms with Crippen LogP contribution in [0.2, 0.25) is 10.0 Å². The summed E-state index contributed by atoms with van der Waals surface area (Å²) in [6.07, 6.45) is -3.17. The predicted octanol–water partition coefficient (Wildman–Crippen LogP) is 8.46. The van der Waals surface area contributed by atoms with Gasteiger partial charge in [0.2, 0.25) is 0 Å². The number of methoxy groups -OCH3 is 1. The largest absolute Gasteiger partial charge is 0.493 e. The van der Waals surface area contributed by atoms with Gasteiger partial charge in [-0.3, -0.25) is 4.79 Å². The number of aromatic nitrogens is 2. The van der Waals surface area contributed by atoms with Crippen LogP contribution in [0.1, 0.15) is 16.7 Å². The normalized spacial score (nSPS) is 11.8. The van der Waals surface area contributed by atoms with E-state index in [9.17, 15) is 18.0 Å². The Bertz CT molecular complexity index is 1890. The van der Waals surface area contributed by atoms with Crippen molar-refractivity contribution in [3.63, 3.8) is 0 Å². The molecule has 0 saturated carbocycles. The van der Waals surface area contributed by atoms with Crippen molar-refractivity contribution >= 4 is 62.9 Å². The topological polar surface area (TPSA) is 65.7 Å². The first-order valence-corrected chi connectivity index (χ1v) is 14.1. The number of benzene rings is 4. The van der Waals surface area contributed by atoms with Crippen molar-refractivity contribution < 1.29 is 22.6 Å². The number of nitrogens with zero attached hydrogens (tertiary/aromatic N) is 3. The predicted molar refractivity (Wildman–Crippen MR) is 166 cm³/mol. The average molecular weight is 724 g/mol. The van der Waals surface area contributed by atoms with E-state index in [2.05, 4.69) is 32.7 Å². The zero-order valence-electron chi connectivity index (χ0n) is 21.6. The number of alkyl halides is 3. The molecule has 5 aromatic rings. The van der Waals surface area contributed by atoms with Crippen LogP contribution in [0.25, 0.3) is 22.3 Å². The number of halogens is 6. The fourth-order valence-electron chi connectivity index (χ4n) is 4.12. The van der Waals surface area contributed by atoms with Gasteiger partial charge in [-0.25, -0.2) is 4.98 Å². The van der Waals surface area contributed by atoms with Gasteiger partial charge in [-0.15, -0.1) is 0 Å². The third-order valence-corrected chi connectivity index (χ3v) is 7.55. The molecule has 0 aliphatic carbocycles. The molecule has 6 nitrogen and oxygen atoms in total. The molecule has 5 rings (SSSR count). The minimum Gasteiger partial charge on any atom is -0.493 e. The maximum Gasteiger partial charge on any atom is 0.416 e. The van der Waals surface area contributed by atoms with Gasteiger partial charge < -0.3 is 9.47 Å². The van der Waals surface area contributed by atoms with Crippen LogP contribution < -0.4 is 15.0 Å². The third kappa shape index (κ3) is 6.40. The summed E-state index contributed by atoms with van der Waals surface area (Å²) in [5, 5.41) is 5.60. The Balaban J connectivity index is 1.54. The van der Waals surface area contributed by atoms with E-state index in [0.29, 0.717) is 36.2 Å². The SMILES string of the molecule is COc1cc(C=Nn2c(-c3cccc(C(F)(F)F)c3)nc3ccccc3c2=O)cc(I)c1OCc1ccc(Cl)cc1Cl. The van der Waals surface area contributed by atoms with Crippen LogP contribution in [-0.4, -0.2) is 23.0 Å². The summed E-state index contributed by atoms with van der Waals surface area (Å²) >= 11 is 14.3. The lowest BCUT2D eigenvalue weighted by Crippen LogP contribution is -2.20. The van der Waals surface area contributed by atoms with Crippen LogP contribution in [0.15, 0.2) is 88.8 Å². The summed E-state index contributed by atoms with van der Waals surface area (Å²) in [4.78, 5) is 17.9. The number of rotatable bonds is 7. The summed E-state index contributed by atoms with van der Waals surface area (Å²) in [6.45, 7) is 0.161. The van der Waals surface area contributed by atoms with Crippen molar-refractivity contribution in [3.8, 4) is 22.9 Å². The molecule has 0 radical (unpaired) electrons. The van der Waals surface area contributed by atoms with Crippen LogP contribution in [0.4, 0.5) is 13.2 Å². The van der Waals surface area contributed by atoms with Gasteiger partial charge >= 0.3 is 6.18 Å². The van der Waals surface area contributed by atoms with E-state index >= 15 is 0 Å². The van der Waals surface area contributed by atoms with Gasteiger partial charge in [0.25, 0.3) is 5.56 Å². The van der Waals surface area contributed by atoms with Crippen molar-refractivity contribution in [3.05, 3.63) is 120 Å². The van der Waals surface area contributed by atoms with Crippen molar-refractivity contribution in [2.45, 2.75) is 12.8 Å². The second kappa shape index (κ2) is 12.3. The molecular formula is C30H19Cl2F3IN3O3. The molecular weight excluding hydrogens is 705 g/mol. The molecule has 0 fully saturated rings. The van der Waals surface area contributed by atoms with E-state index in [-0.39, 0.29) is 23.4 Å². The third-order valence-electron chi connectivity index (χ3n) is 6.16. The minimum atomic E-state index is -4.57. The van der Waals surface area contributed by atoms with E-state index in [1.807, 2.05) is 0 Å². The molecule has 4 aromatic carbocycles. The molecule has 0 bridgehead atoms. The molecule has 0 unspecified atom stereocenters. The second-order valence-corrected chi connectivity index (χ2v) is 11.0. The lowest BCUT2D eigenvalue weighted by molar-refractivity contribution is -0.137. The molecule has 0 amide bonds. The number of fused-ring (bicyclic) bond motifs is 1.